The van der Waals surface area contributed by atoms with Crippen molar-refractivity contribution in [3.63, 3.8) is 0 Å². The SMILES string of the molecule is COC(=O)c1ccc(C=CCCBr)cc1. The van der Waals surface area contributed by atoms with Gasteiger partial charge in [-0.25, -0.2) is 4.79 Å². The van der Waals surface area contributed by atoms with Gasteiger partial charge in [0.1, 0.15) is 0 Å². The summed E-state index contributed by atoms with van der Waals surface area (Å²) in [6, 6.07) is 7.33. The Bertz CT molecular complexity index is 341. The standard InChI is InChI=1S/C12H13BrO2/c1-15-12(14)11-7-5-10(6-8-11)4-2-3-9-13/h2,4-8H,3,9H2,1H3. The molecule has 0 aliphatic heterocycles. The van der Waals surface area contributed by atoms with Crippen LogP contribution in [-0.2, 0) is 4.74 Å². The smallest absolute Gasteiger partial charge is 0.337 e. The molecule has 1 rings (SSSR count). The zero-order valence-corrected chi connectivity index (χ0v) is 10.2. The second kappa shape index (κ2) is 6.40. The molecular weight excluding hydrogens is 256 g/mol. The summed E-state index contributed by atoms with van der Waals surface area (Å²) in [5, 5.41) is 0.962. The maximum atomic E-state index is 11.1. The second-order valence-electron chi connectivity index (χ2n) is 2.99. The summed E-state index contributed by atoms with van der Waals surface area (Å²) in [4.78, 5) is 11.1. The molecule has 0 saturated heterocycles. The summed E-state index contributed by atoms with van der Waals surface area (Å²) in [5.41, 5.74) is 1.67. The van der Waals surface area contributed by atoms with E-state index >= 15 is 0 Å². The Labute approximate surface area is 98.1 Å². The number of carbonyl (C=O) groups is 1. The second-order valence-corrected chi connectivity index (χ2v) is 3.79. The Morgan fingerprint density at radius 2 is 2.07 bits per heavy atom. The van der Waals surface area contributed by atoms with Crippen molar-refractivity contribution in [2.75, 3.05) is 12.4 Å². The zero-order chi connectivity index (χ0) is 11.1. The van der Waals surface area contributed by atoms with Gasteiger partial charge in [0.15, 0.2) is 0 Å². The average molecular weight is 269 g/mol. The van der Waals surface area contributed by atoms with Crippen LogP contribution < -0.4 is 0 Å². The number of carbonyl (C=O) groups excluding carboxylic acids is 1. The number of methoxy groups -OCH3 is 1. The fourth-order valence-corrected chi connectivity index (χ4v) is 1.39. The van der Waals surface area contributed by atoms with Gasteiger partial charge in [-0.1, -0.05) is 40.2 Å². The van der Waals surface area contributed by atoms with Gasteiger partial charge in [-0.05, 0) is 24.1 Å². The maximum Gasteiger partial charge on any atom is 0.337 e. The Hall–Kier alpha value is -1.09. The van der Waals surface area contributed by atoms with Gasteiger partial charge in [0.2, 0.25) is 0 Å². The van der Waals surface area contributed by atoms with E-state index in [2.05, 4.69) is 26.7 Å². The molecule has 0 atom stereocenters. The molecule has 0 heterocycles. The highest BCUT2D eigenvalue weighted by atomic mass is 79.9. The van der Waals surface area contributed by atoms with Crippen molar-refractivity contribution < 1.29 is 9.53 Å². The van der Waals surface area contributed by atoms with E-state index < -0.39 is 0 Å². The van der Waals surface area contributed by atoms with E-state index in [0.29, 0.717) is 5.56 Å². The van der Waals surface area contributed by atoms with Crippen molar-refractivity contribution in [1.29, 1.82) is 0 Å². The van der Waals surface area contributed by atoms with Gasteiger partial charge in [-0.3, -0.25) is 0 Å². The topological polar surface area (TPSA) is 26.3 Å². The first kappa shape index (κ1) is 12.0. The number of allylic oxidation sites excluding steroid dienone is 1. The van der Waals surface area contributed by atoms with Crippen LogP contribution >= 0.6 is 15.9 Å². The average Bonchev–Trinajstić information content (AvgIpc) is 2.29. The van der Waals surface area contributed by atoms with Crippen LogP contribution in [0.1, 0.15) is 22.3 Å². The van der Waals surface area contributed by atoms with Crippen molar-refractivity contribution in [1.82, 2.24) is 0 Å². The predicted octanol–water partition coefficient (Wildman–Crippen LogP) is 3.27. The Morgan fingerprint density at radius 3 is 2.60 bits per heavy atom. The van der Waals surface area contributed by atoms with Gasteiger partial charge < -0.3 is 4.74 Å². The van der Waals surface area contributed by atoms with E-state index in [0.717, 1.165) is 17.3 Å². The molecule has 0 N–H and O–H groups in total. The molecule has 0 spiro atoms. The number of hydrogen-bond acceptors (Lipinski definition) is 2. The lowest BCUT2D eigenvalue weighted by atomic mass is 10.1. The van der Waals surface area contributed by atoms with Gasteiger partial charge in [0, 0.05) is 5.33 Å². The summed E-state index contributed by atoms with van der Waals surface area (Å²) < 4.78 is 4.61. The Balaban J connectivity index is 2.68. The van der Waals surface area contributed by atoms with Gasteiger partial charge in [0.05, 0.1) is 12.7 Å². The lowest BCUT2D eigenvalue weighted by molar-refractivity contribution is 0.0601. The summed E-state index contributed by atoms with van der Waals surface area (Å²) in [5.74, 6) is -0.300. The first-order valence-electron chi connectivity index (χ1n) is 4.69. The lowest BCUT2D eigenvalue weighted by Crippen LogP contribution is -2.00. The fraction of sp³-hybridized carbons (Fsp3) is 0.250. The van der Waals surface area contributed by atoms with Gasteiger partial charge in [0.25, 0.3) is 0 Å². The summed E-state index contributed by atoms with van der Waals surface area (Å²) in [6.45, 7) is 0. The van der Waals surface area contributed by atoms with E-state index in [4.69, 9.17) is 0 Å². The lowest BCUT2D eigenvalue weighted by Gasteiger charge is -1.99. The van der Waals surface area contributed by atoms with Crippen molar-refractivity contribution in [3.05, 3.63) is 41.5 Å². The highest BCUT2D eigenvalue weighted by molar-refractivity contribution is 9.09. The summed E-state index contributed by atoms with van der Waals surface area (Å²) >= 11 is 3.35. The van der Waals surface area contributed by atoms with Crippen LogP contribution in [0.5, 0.6) is 0 Å². The Morgan fingerprint density at radius 1 is 1.40 bits per heavy atom. The van der Waals surface area contributed by atoms with Crippen LogP contribution in [0.4, 0.5) is 0 Å². The number of hydrogen-bond donors (Lipinski definition) is 0. The molecule has 0 aliphatic rings. The summed E-state index contributed by atoms with van der Waals surface area (Å²) in [7, 11) is 1.38. The molecule has 0 unspecified atom stereocenters. The van der Waals surface area contributed by atoms with Gasteiger partial charge in [-0.2, -0.15) is 0 Å². The molecule has 0 aromatic heterocycles. The Kier molecular flexibility index (Phi) is 5.12. The number of esters is 1. The molecule has 0 saturated carbocycles. The third-order valence-corrected chi connectivity index (χ3v) is 2.38. The summed E-state index contributed by atoms with van der Waals surface area (Å²) in [6.07, 6.45) is 5.11. The van der Waals surface area contributed by atoms with E-state index in [1.807, 2.05) is 18.2 Å². The molecule has 0 amide bonds. The zero-order valence-electron chi connectivity index (χ0n) is 8.57. The van der Waals surface area contributed by atoms with E-state index in [-0.39, 0.29) is 5.97 Å². The molecule has 1 aromatic carbocycles. The molecule has 0 aliphatic carbocycles. The predicted molar refractivity (Wildman–Crippen MR) is 65.2 cm³/mol. The molecule has 3 heteroatoms. The quantitative estimate of drug-likeness (QED) is 0.619. The van der Waals surface area contributed by atoms with Gasteiger partial charge in [-0.15, -0.1) is 0 Å². The highest BCUT2D eigenvalue weighted by Gasteiger charge is 2.02. The van der Waals surface area contributed by atoms with E-state index in [1.54, 1.807) is 12.1 Å². The van der Waals surface area contributed by atoms with E-state index in [1.165, 1.54) is 7.11 Å². The van der Waals surface area contributed by atoms with E-state index in [9.17, 15) is 4.79 Å². The highest BCUT2D eigenvalue weighted by Crippen LogP contribution is 2.07. The first-order chi connectivity index (χ1) is 7.27. The molecule has 2 nitrogen and oxygen atoms in total. The molecule has 1 aromatic rings. The monoisotopic (exact) mass is 268 g/mol. The number of rotatable bonds is 4. The van der Waals surface area contributed by atoms with Gasteiger partial charge >= 0.3 is 5.97 Å². The number of ether oxygens (including phenoxy) is 1. The molecule has 15 heavy (non-hydrogen) atoms. The number of alkyl halides is 1. The maximum absolute atomic E-state index is 11.1. The molecule has 0 bridgehead atoms. The minimum atomic E-state index is -0.300. The van der Waals surface area contributed by atoms with Crippen molar-refractivity contribution in [2.45, 2.75) is 6.42 Å². The number of halogens is 1. The normalized spacial score (nSPS) is 10.5. The first-order valence-corrected chi connectivity index (χ1v) is 5.81. The molecule has 0 fully saturated rings. The van der Waals surface area contributed by atoms with Crippen molar-refractivity contribution in [2.24, 2.45) is 0 Å². The third-order valence-electron chi connectivity index (χ3n) is 1.92. The molecule has 80 valence electrons. The molecule has 0 radical (unpaired) electrons. The minimum Gasteiger partial charge on any atom is -0.465 e. The van der Waals surface area contributed by atoms with Crippen LogP contribution in [0.2, 0.25) is 0 Å². The van der Waals surface area contributed by atoms with Crippen LogP contribution in [0, 0.1) is 0 Å². The minimum absolute atomic E-state index is 0.300. The fourth-order valence-electron chi connectivity index (χ4n) is 1.13. The van der Waals surface area contributed by atoms with Crippen LogP contribution in [0.15, 0.2) is 30.3 Å². The van der Waals surface area contributed by atoms with Crippen LogP contribution in [0.25, 0.3) is 6.08 Å². The number of benzene rings is 1. The van der Waals surface area contributed by atoms with Crippen molar-refractivity contribution >= 4 is 28.0 Å². The van der Waals surface area contributed by atoms with Crippen LogP contribution in [0.3, 0.4) is 0 Å². The largest absolute Gasteiger partial charge is 0.465 e. The molecular formula is C12H13BrO2. The van der Waals surface area contributed by atoms with Crippen molar-refractivity contribution in [3.8, 4) is 0 Å². The van der Waals surface area contributed by atoms with Crippen LogP contribution in [-0.4, -0.2) is 18.4 Å². The third kappa shape index (κ3) is 3.88.